The number of nitrogens with two attached hydrogens (primary N) is 1. The number of hydrogen-bond donors (Lipinski definition) is 1. The number of hydrogen-bond acceptors (Lipinski definition) is 3. The van der Waals surface area contributed by atoms with E-state index in [1.54, 1.807) is 0 Å². The largest absolute Gasteiger partial charge is 0.326 e. The van der Waals surface area contributed by atoms with Crippen LogP contribution in [0.5, 0.6) is 0 Å². The lowest BCUT2D eigenvalue weighted by atomic mass is 9.75. The zero-order valence-corrected chi connectivity index (χ0v) is 12.4. The monoisotopic (exact) mass is 253 g/mol. The predicted molar refractivity (Wildman–Crippen MR) is 77.6 cm³/mol. The molecule has 0 aromatic carbocycles. The van der Waals surface area contributed by atoms with Gasteiger partial charge in [0, 0.05) is 31.7 Å². The van der Waals surface area contributed by atoms with Crippen molar-refractivity contribution in [1.29, 1.82) is 0 Å². The van der Waals surface area contributed by atoms with Gasteiger partial charge >= 0.3 is 0 Å². The Kier molecular flexibility index (Phi) is 5.05. The van der Waals surface area contributed by atoms with Crippen LogP contribution in [0.1, 0.15) is 39.0 Å². The van der Waals surface area contributed by atoms with Crippen LogP contribution >= 0.6 is 0 Å². The van der Waals surface area contributed by atoms with Crippen LogP contribution in [0.3, 0.4) is 0 Å². The SMILES string of the molecule is CCC1CCC(C(N)C2CN(C)CCN2C)CC1. The Morgan fingerprint density at radius 3 is 2.39 bits per heavy atom. The average Bonchev–Trinajstić information content (AvgIpc) is 2.41. The third kappa shape index (κ3) is 3.25. The molecule has 3 nitrogen and oxygen atoms in total. The molecule has 2 rings (SSSR count). The van der Waals surface area contributed by atoms with Crippen LogP contribution in [0.15, 0.2) is 0 Å². The van der Waals surface area contributed by atoms with E-state index in [9.17, 15) is 0 Å². The van der Waals surface area contributed by atoms with Crippen molar-refractivity contribution in [2.24, 2.45) is 17.6 Å². The van der Waals surface area contributed by atoms with Crippen molar-refractivity contribution in [2.45, 2.75) is 51.1 Å². The van der Waals surface area contributed by atoms with Gasteiger partial charge in [0.25, 0.3) is 0 Å². The van der Waals surface area contributed by atoms with Crippen LogP contribution in [0.25, 0.3) is 0 Å². The Hall–Kier alpha value is -0.120. The number of likely N-dealkylation sites (N-methyl/N-ethyl adjacent to an activating group) is 2. The summed E-state index contributed by atoms with van der Waals surface area (Å²) in [6, 6.07) is 0.933. The first-order chi connectivity index (χ1) is 8.61. The van der Waals surface area contributed by atoms with Crippen molar-refractivity contribution < 1.29 is 0 Å². The van der Waals surface area contributed by atoms with Crippen LogP contribution in [0.2, 0.25) is 0 Å². The van der Waals surface area contributed by atoms with Gasteiger partial charge < -0.3 is 10.6 Å². The quantitative estimate of drug-likeness (QED) is 0.832. The van der Waals surface area contributed by atoms with Crippen molar-refractivity contribution in [1.82, 2.24) is 9.80 Å². The average molecular weight is 253 g/mol. The molecule has 106 valence electrons. The molecule has 1 aliphatic heterocycles. The number of piperazine rings is 1. The maximum absolute atomic E-state index is 6.59. The lowest BCUT2D eigenvalue weighted by Gasteiger charge is -2.44. The normalized spacial score (nSPS) is 37.7. The number of rotatable bonds is 3. The standard InChI is InChI=1S/C15H31N3/c1-4-12-5-7-13(8-6-12)15(16)14-11-17(2)9-10-18(14)3/h12-15H,4-11,16H2,1-3H3. The van der Waals surface area contributed by atoms with E-state index >= 15 is 0 Å². The minimum Gasteiger partial charge on any atom is -0.326 e. The molecule has 3 heteroatoms. The highest BCUT2D eigenvalue weighted by Gasteiger charge is 2.34. The molecule has 2 atom stereocenters. The second-order valence-electron chi connectivity index (χ2n) is 6.58. The van der Waals surface area contributed by atoms with Gasteiger partial charge in [0.05, 0.1) is 0 Å². The first-order valence-electron chi connectivity index (χ1n) is 7.76. The molecule has 1 saturated heterocycles. The fourth-order valence-corrected chi connectivity index (χ4v) is 3.76. The van der Waals surface area contributed by atoms with Crippen LogP contribution in [-0.2, 0) is 0 Å². The summed E-state index contributed by atoms with van der Waals surface area (Å²) >= 11 is 0. The first kappa shape index (κ1) is 14.3. The molecule has 0 amide bonds. The molecule has 18 heavy (non-hydrogen) atoms. The summed E-state index contributed by atoms with van der Waals surface area (Å²) < 4.78 is 0. The fraction of sp³-hybridized carbons (Fsp3) is 1.00. The highest BCUT2D eigenvalue weighted by molar-refractivity contribution is 4.92. The van der Waals surface area contributed by atoms with Gasteiger partial charge in [0.15, 0.2) is 0 Å². The van der Waals surface area contributed by atoms with E-state index in [-0.39, 0.29) is 0 Å². The van der Waals surface area contributed by atoms with Crippen molar-refractivity contribution in [2.75, 3.05) is 33.7 Å². The van der Waals surface area contributed by atoms with Gasteiger partial charge in [-0.25, -0.2) is 0 Å². The van der Waals surface area contributed by atoms with Crippen LogP contribution in [0, 0.1) is 11.8 Å². The number of nitrogens with zero attached hydrogens (tertiary/aromatic N) is 2. The Labute approximate surface area is 113 Å². The third-order valence-electron chi connectivity index (χ3n) is 5.36. The maximum atomic E-state index is 6.59. The second-order valence-corrected chi connectivity index (χ2v) is 6.58. The van der Waals surface area contributed by atoms with E-state index in [0.717, 1.165) is 18.4 Å². The van der Waals surface area contributed by atoms with E-state index in [2.05, 4.69) is 30.8 Å². The summed E-state index contributed by atoms with van der Waals surface area (Å²) in [6.07, 6.45) is 6.87. The van der Waals surface area contributed by atoms with Gasteiger partial charge in [-0.2, -0.15) is 0 Å². The van der Waals surface area contributed by atoms with Gasteiger partial charge in [0.2, 0.25) is 0 Å². The van der Waals surface area contributed by atoms with Gasteiger partial charge in [-0.3, -0.25) is 4.90 Å². The van der Waals surface area contributed by atoms with E-state index < -0.39 is 0 Å². The molecule has 0 radical (unpaired) electrons. The molecular weight excluding hydrogens is 222 g/mol. The van der Waals surface area contributed by atoms with Crippen LogP contribution in [0.4, 0.5) is 0 Å². The predicted octanol–water partition coefficient (Wildman–Crippen LogP) is 1.78. The molecule has 2 N–H and O–H groups in total. The van der Waals surface area contributed by atoms with Gasteiger partial charge in [-0.15, -0.1) is 0 Å². The summed E-state index contributed by atoms with van der Waals surface area (Å²) in [4.78, 5) is 4.92. The minimum absolute atomic E-state index is 0.371. The molecule has 2 unspecified atom stereocenters. The molecule has 0 spiro atoms. The molecular formula is C15H31N3. The van der Waals surface area contributed by atoms with Gasteiger partial charge in [0.1, 0.15) is 0 Å². The smallest absolute Gasteiger partial charge is 0.0374 e. The highest BCUT2D eigenvalue weighted by Crippen LogP contribution is 2.33. The molecule has 1 heterocycles. The van der Waals surface area contributed by atoms with Crippen molar-refractivity contribution in [3.05, 3.63) is 0 Å². The Morgan fingerprint density at radius 2 is 1.78 bits per heavy atom. The zero-order valence-electron chi connectivity index (χ0n) is 12.4. The van der Waals surface area contributed by atoms with Gasteiger partial charge in [-0.1, -0.05) is 26.2 Å². The maximum Gasteiger partial charge on any atom is 0.0374 e. The highest BCUT2D eigenvalue weighted by atomic mass is 15.3. The molecule has 1 saturated carbocycles. The lowest BCUT2D eigenvalue weighted by Crippen LogP contribution is -2.59. The summed E-state index contributed by atoms with van der Waals surface area (Å²) in [7, 11) is 4.47. The van der Waals surface area contributed by atoms with Gasteiger partial charge in [-0.05, 0) is 38.8 Å². The summed E-state index contributed by atoms with van der Waals surface area (Å²) in [6.45, 7) is 5.82. The van der Waals surface area contributed by atoms with Crippen molar-refractivity contribution in [3.63, 3.8) is 0 Å². The molecule has 1 aliphatic carbocycles. The summed E-state index contributed by atoms with van der Waals surface area (Å²) in [5.74, 6) is 1.73. The molecule has 0 aromatic rings. The molecule has 2 fully saturated rings. The fourth-order valence-electron chi connectivity index (χ4n) is 3.76. The van der Waals surface area contributed by atoms with E-state index in [1.807, 2.05) is 0 Å². The summed E-state index contributed by atoms with van der Waals surface area (Å²) in [5, 5.41) is 0. The Bertz CT molecular complexity index is 248. The van der Waals surface area contributed by atoms with E-state index in [0.29, 0.717) is 12.1 Å². The minimum atomic E-state index is 0.371. The summed E-state index contributed by atoms with van der Waals surface area (Å²) in [5.41, 5.74) is 6.59. The topological polar surface area (TPSA) is 32.5 Å². The third-order valence-corrected chi connectivity index (χ3v) is 5.36. The van der Waals surface area contributed by atoms with Crippen molar-refractivity contribution in [3.8, 4) is 0 Å². The van der Waals surface area contributed by atoms with Crippen LogP contribution < -0.4 is 5.73 Å². The van der Waals surface area contributed by atoms with Crippen LogP contribution in [-0.4, -0.2) is 55.6 Å². The van der Waals surface area contributed by atoms with E-state index in [1.165, 1.54) is 45.2 Å². The Morgan fingerprint density at radius 1 is 1.11 bits per heavy atom. The zero-order chi connectivity index (χ0) is 13.1. The molecule has 0 aromatic heterocycles. The Balaban J connectivity index is 1.88. The second kappa shape index (κ2) is 6.36. The molecule has 2 aliphatic rings. The van der Waals surface area contributed by atoms with Crippen molar-refractivity contribution >= 4 is 0 Å². The van der Waals surface area contributed by atoms with E-state index in [4.69, 9.17) is 5.73 Å². The first-order valence-corrected chi connectivity index (χ1v) is 7.76. The lowest BCUT2D eigenvalue weighted by molar-refractivity contribution is 0.0710. The molecule has 0 bridgehead atoms.